The molecule has 1 aromatic heterocycles. The van der Waals surface area contributed by atoms with E-state index in [0.29, 0.717) is 5.52 Å². The first kappa shape index (κ1) is 17.0. The van der Waals surface area contributed by atoms with Crippen molar-refractivity contribution in [2.24, 2.45) is 0 Å². The number of aromatic nitrogens is 1. The van der Waals surface area contributed by atoms with Crippen molar-refractivity contribution in [3.63, 3.8) is 0 Å². The minimum Gasteiger partial charge on any atom is -0.408 e. The van der Waals surface area contributed by atoms with Crippen LogP contribution in [0.15, 0.2) is 56.6 Å². The highest BCUT2D eigenvalue weighted by molar-refractivity contribution is 7.93. The summed E-state index contributed by atoms with van der Waals surface area (Å²) in [5, 5.41) is 0. The molecule has 2 aromatic carbocycles. The average molecular weight is 383 g/mol. The molecule has 9 nitrogen and oxygen atoms in total. The maximum absolute atomic E-state index is 12.6. The number of nitrogens with one attached hydrogen (secondary N) is 3. The van der Waals surface area contributed by atoms with Gasteiger partial charge in [-0.15, -0.1) is 0 Å². The summed E-state index contributed by atoms with van der Waals surface area (Å²) in [6, 6.07) is 9.85. The fraction of sp³-hybridized carbons (Fsp3) is 0.0714. The number of H-pyrrole nitrogens is 1. The molecule has 3 N–H and O–H groups in total. The van der Waals surface area contributed by atoms with Gasteiger partial charge < -0.3 is 4.42 Å². The van der Waals surface area contributed by atoms with Crippen molar-refractivity contribution in [3.8, 4) is 0 Å². The number of fused-ring (bicyclic) bond motifs is 1. The summed E-state index contributed by atoms with van der Waals surface area (Å²) in [7, 11) is -7.62. The zero-order valence-electron chi connectivity index (χ0n) is 12.8. The summed E-state index contributed by atoms with van der Waals surface area (Å²) < 4.78 is 57.3. The maximum atomic E-state index is 12.6. The largest absolute Gasteiger partial charge is 0.417 e. The molecule has 0 fully saturated rings. The molecule has 1 heterocycles. The Kier molecular flexibility index (Phi) is 4.05. The molecule has 0 unspecified atom stereocenters. The number of para-hydroxylation sites is 2. The Morgan fingerprint density at radius 2 is 1.60 bits per heavy atom. The summed E-state index contributed by atoms with van der Waals surface area (Å²) in [5.74, 6) is -0.694. The SMILES string of the molecule is CS(=O)(=O)Nc1ccccc1NS(=O)(=O)c1ccc2[nH]c(=O)oc2c1. The van der Waals surface area contributed by atoms with Crippen molar-refractivity contribution in [3.05, 3.63) is 53.0 Å². The van der Waals surface area contributed by atoms with Gasteiger partial charge in [-0.1, -0.05) is 12.1 Å². The molecule has 132 valence electrons. The fourth-order valence-corrected chi connectivity index (χ4v) is 3.83. The Hall–Kier alpha value is -2.79. The molecular weight excluding hydrogens is 370 g/mol. The molecule has 0 saturated heterocycles. The van der Waals surface area contributed by atoms with Crippen LogP contribution < -0.4 is 15.2 Å². The zero-order valence-corrected chi connectivity index (χ0v) is 14.4. The molecule has 3 rings (SSSR count). The van der Waals surface area contributed by atoms with E-state index in [1.54, 1.807) is 12.1 Å². The van der Waals surface area contributed by atoms with E-state index < -0.39 is 25.8 Å². The van der Waals surface area contributed by atoms with Gasteiger partial charge in [-0.2, -0.15) is 0 Å². The first-order valence-electron chi connectivity index (χ1n) is 6.87. The molecule has 0 spiro atoms. The monoisotopic (exact) mass is 383 g/mol. The lowest BCUT2D eigenvalue weighted by Gasteiger charge is -2.13. The van der Waals surface area contributed by atoms with Crippen LogP contribution in [0.3, 0.4) is 0 Å². The van der Waals surface area contributed by atoms with Crippen molar-refractivity contribution in [2.75, 3.05) is 15.7 Å². The first-order chi connectivity index (χ1) is 11.6. The van der Waals surface area contributed by atoms with E-state index in [4.69, 9.17) is 4.42 Å². The molecule has 0 aliphatic heterocycles. The van der Waals surface area contributed by atoms with Crippen molar-refractivity contribution < 1.29 is 21.3 Å². The summed E-state index contributed by atoms with van der Waals surface area (Å²) >= 11 is 0. The van der Waals surface area contributed by atoms with Crippen LogP contribution in [-0.2, 0) is 20.0 Å². The minimum atomic E-state index is -4.03. The summed E-state index contributed by atoms with van der Waals surface area (Å²) in [4.78, 5) is 13.4. The highest BCUT2D eigenvalue weighted by Gasteiger charge is 2.18. The van der Waals surface area contributed by atoms with Crippen LogP contribution in [0, 0.1) is 0 Å². The fourth-order valence-electron chi connectivity index (χ4n) is 2.16. The topological polar surface area (TPSA) is 138 Å². The standard InChI is InChI=1S/C14H13N3O6S2/c1-24(19,20)16-10-4-2-3-5-11(10)17-25(21,22)9-6-7-12-13(8-9)23-14(18)15-12/h2-8,16-17H,1H3,(H,15,18). The van der Waals surface area contributed by atoms with Gasteiger partial charge in [0.15, 0.2) is 5.58 Å². The summed E-state index contributed by atoms with van der Waals surface area (Å²) in [6.07, 6.45) is 0.958. The molecule has 0 amide bonds. The number of hydrogen-bond donors (Lipinski definition) is 3. The third-order valence-corrected chi connectivity index (χ3v) is 5.12. The normalized spacial score (nSPS) is 12.2. The predicted molar refractivity (Wildman–Crippen MR) is 92.6 cm³/mol. The van der Waals surface area contributed by atoms with Crippen LogP contribution in [0.25, 0.3) is 11.1 Å². The van der Waals surface area contributed by atoms with E-state index in [2.05, 4.69) is 14.4 Å². The van der Waals surface area contributed by atoms with Gasteiger partial charge in [0.1, 0.15) is 0 Å². The average Bonchev–Trinajstić information content (AvgIpc) is 2.86. The molecule has 0 atom stereocenters. The second-order valence-corrected chi connectivity index (χ2v) is 8.63. The van der Waals surface area contributed by atoms with E-state index in [0.717, 1.165) is 6.26 Å². The van der Waals surface area contributed by atoms with Crippen LogP contribution in [-0.4, -0.2) is 28.1 Å². The van der Waals surface area contributed by atoms with E-state index in [-0.39, 0.29) is 21.9 Å². The van der Waals surface area contributed by atoms with Gasteiger partial charge in [0.2, 0.25) is 10.0 Å². The van der Waals surface area contributed by atoms with E-state index >= 15 is 0 Å². The lowest BCUT2D eigenvalue weighted by atomic mass is 10.3. The summed E-state index contributed by atoms with van der Waals surface area (Å²) in [5.41, 5.74) is 0.602. The van der Waals surface area contributed by atoms with Crippen LogP contribution >= 0.6 is 0 Å². The molecule has 0 radical (unpaired) electrons. The van der Waals surface area contributed by atoms with Crippen molar-refractivity contribution in [1.82, 2.24) is 4.98 Å². The highest BCUT2D eigenvalue weighted by atomic mass is 32.2. The van der Waals surface area contributed by atoms with E-state index in [1.807, 2.05) is 0 Å². The molecule has 25 heavy (non-hydrogen) atoms. The van der Waals surface area contributed by atoms with Crippen LogP contribution in [0.4, 0.5) is 11.4 Å². The number of benzene rings is 2. The van der Waals surface area contributed by atoms with Gasteiger partial charge >= 0.3 is 5.76 Å². The van der Waals surface area contributed by atoms with Crippen molar-refractivity contribution in [1.29, 1.82) is 0 Å². The van der Waals surface area contributed by atoms with Gasteiger partial charge in [-0.05, 0) is 24.3 Å². The smallest absolute Gasteiger partial charge is 0.408 e. The Balaban J connectivity index is 1.99. The predicted octanol–water partition coefficient (Wildman–Crippen LogP) is 1.29. The third-order valence-electron chi connectivity index (χ3n) is 3.17. The number of hydrogen-bond acceptors (Lipinski definition) is 6. The van der Waals surface area contributed by atoms with Crippen LogP contribution in [0.5, 0.6) is 0 Å². The third kappa shape index (κ3) is 3.83. The number of oxazole rings is 1. The zero-order chi connectivity index (χ0) is 18.2. The quantitative estimate of drug-likeness (QED) is 0.607. The van der Waals surface area contributed by atoms with Gasteiger partial charge in [-0.25, -0.2) is 21.6 Å². The number of anilines is 2. The molecule has 0 bridgehead atoms. The first-order valence-corrected chi connectivity index (χ1v) is 10.2. The molecule has 3 aromatic rings. The minimum absolute atomic E-state index is 0.0588. The molecule has 0 aliphatic carbocycles. The van der Waals surface area contributed by atoms with Crippen molar-refractivity contribution in [2.45, 2.75) is 4.90 Å². The van der Waals surface area contributed by atoms with E-state index in [1.165, 1.54) is 30.3 Å². The lowest BCUT2D eigenvalue weighted by Crippen LogP contribution is -2.16. The number of sulfonamides is 2. The van der Waals surface area contributed by atoms with E-state index in [9.17, 15) is 21.6 Å². The Morgan fingerprint density at radius 3 is 2.24 bits per heavy atom. The lowest BCUT2D eigenvalue weighted by molar-refractivity contribution is 0.554. The Bertz CT molecular complexity index is 1210. The van der Waals surface area contributed by atoms with Crippen LogP contribution in [0.2, 0.25) is 0 Å². The van der Waals surface area contributed by atoms with Gasteiger partial charge in [0.05, 0.1) is 28.0 Å². The maximum Gasteiger partial charge on any atom is 0.417 e. The molecule has 11 heteroatoms. The Morgan fingerprint density at radius 1 is 0.960 bits per heavy atom. The molecular formula is C14H13N3O6S2. The van der Waals surface area contributed by atoms with Gasteiger partial charge in [0, 0.05) is 6.07 Å². The van der Waals surface area contributed by atoms with Gasteiger partial charge in [0.25, 0.3) is 10.0 Å². The highest BCUT2D eigenvalue weighted by Crippen LogP contribution is 2.26. The second-order valence-electron chi connectivity index (χ2n) is 5.20. The second kappa shape index (κ2) is 5.93. The Labute approximate surface area is 142 Å². The molecule has 0 aliphatic rings. The van der Waals surface area contributed by atoms with Gasteiger partial charge in [-0.3, -0.25) is 14.4 Å². The number of aromatic amines is 1. The molecule has 0 saturated carbocycles. The summed E-state index contributed by atoms with van der Waals surface area (Å²) in [6.45, 7) is 0. The van der Waals surface area contributed by atoms with Crippen molar-refractivity contribution >= 4 is 42.5 Å². The van der Waals surface area contributed by atoms with Crippen LogP contribution in [0.1, 0.15) is 0 Å². The number of rotatable bonds is 5.